The van der Waals surface area contributed by atoms with E-state index in [4.69, 9.17) is 10.5 Å². The number of nitrogens with two attached hydrogens (primary N) is 1. The monoisotopic (exact) mass is 273 g/mol. The molecule has 2 N–H and O–H groups in total. The molecule has 0 fully saturated rings. The van der Waals surface area contributed by atoms with Crippen LogP contribution in [0, 0.1) is 0 Å². The van der Waals surface area contributed by atoms with Crippen molar-refractivity contribution in [2.24, 2.45) is 5.73 Å². The van der Waals surface area contributed by atoms with Crippen molar-refractivity contribution in [2.45, 2.75) is 44.0 Å². The minimum absolute atomic E-state index is 0.0501. The van der Waals surface area contributed by atoms with Crippen LogP contribution in [-0.4, -0.2) is 18.8 Å². The van der Waals surface area contributed by atoms with Gasteiger partial charge in [-0.05, 0) is 30.4 Å². The minimum atomic E-state index is -4.14. The lowest BCUT2D eigenvalue weighted by atomic mass is 9.92. The lowest BCUT2D eigenvalue weighted by molar-refractivity contribution is -0.136. The third-order valence-electron chi connectivity index (χ3n) is 3.41. The Morgan fingerprint density at radius 3 is 2.79 bits per heavy atom. The Labute approximate surface area is 110 Å². The number of alkyl halides is 3. The predicted molar refractivity (Wildman–Crippen MR) is 66.7 cm³/mol. The fourth-order valence-electron chi connectivity index (χ4n) is 2.41. The summed E-state index contributed by atoms with van der Waals surface area (Å²) in [7, 11) is 0. The number of ether oxygens (including phenoxy) is 1. The van der Waals surface area contributed by atoms with E-state index in [1.165, 1.54) is 5.56 Å². The molecular weight excluding hydrogens is 255 g/mol. The van der Waals surface area contributed by atoms with Gasteiger partial charge in [-0.1, -0.05) is 24.3 Å². The van der Waals surface area contributed by atoms with Crippen LogP contribution < -0.4 is 5.73 Å². The molecule has 1 aliphatic heterocycles. The Kier molecular flexibility index (Phi) is 4.47. The smallest absolute Gasteiger partial charge is 0.373 e. The second-order valence-corrected chi connectivity index (χ2v) is 4.96. The second-order valence-electron chi connectivity index (χ2n) is 4.96. The number of hydrogen-bond donors (Lipinski definition) is 1. The molecule has 2 unspecified atom stereocenters. The summed E-state index contributed by atoms with van der Waals surface area (Å²) in [5, 5.41) is 0. The molecule has 0 saturated carbocycles. The van der Waals surface area contributed by atoms with Crippen LogP contribution in [0.3, 0.4) is 0 Å². The van der Waals surface area contributed by atoms with Crippen LogP contribution in [0.4, 0.5) is 13.2 Å². The normalized spacial score (nSPS) is 20.9. The van der Waals surface area contributed by atoms with Crippen LogP contribution in [0.25, 0.3) is 0 Å². The molecule has 0 amide bonds. The third kappa shape index (κ3) is 4.21. The Hall–Kier alpha value is -1.07. The molecule has 1 aliphatic rings. The van der Waals surface area contributed by atoms with Gasteiger partial charge in [0.05, 0.1) is 12.7 Å². The van der Waals surface area contributed by atoms with Gasteiger partial charge < -0.3 is 10.5 Å². The Morgan fingerprint density at radius 1 is 1.32 bits per heavy atom. The van der Waals surface area contributed by atoms with Gasteiger partial charge in [-0.3, -0.25) is 0 Å². The lowest BCUT2D eigenvalue weighted by Crippen LogP contribution is -2.28. The number of halogens is 3. The molecule has 1 heterocycles. The molecule has 0 aromatic heterocycles. The molecule has 5 heteroatoms. The summed E-state index contributed by atoms with van der Waals surface area (Å²) in [5.41, 5.74) is 8.06. The highest BCUT2D eigenvalue weighted by molar-refractivity contribution is 5.30. The fraction of sp³-hybridized carbons (Fsp3) is 0.571. The molecule has 0 saturated heterocycles. The fourth-order valence-corrected chi connectivity index (χ4v) is 2.41. The van der Waals surface area contributed by atoms with Crippen LogP contribution in [-0.2, 0) is 11.2 Å². The molecule has 2 atom stereocenters. The first-order valence-corrected chi connectivity index (χ1v) is 6.47. The molecule has 0 spiro atoms. The van der Waals surface area contributed by atoms with Crippen molar-refractivity contribution >= 4 is 0 Å². The molecule has 19 heavy (non-hydrogen) atoms. The Balaban J connectivity index is 1.93. The predicted octanol–water partition coefficient (Wildman–Crippen LogP) is 3.36. The SMILES string of the molecule is NC(CCC(F)(F)F)CC1OCCc2ccccc21. The van der Waals surface area contributed by atoms with Crippen molar-refractivity contribution in [2.75, 3.05) is 6.61 Å². The highest BCUT2D eigenvalue weighted by Crippen LogP contribution is 2.31. The summed E-state index contributed by atoms with van der Waals surface area (Å²) in [6.07, 6.45) is -3.90. The number of rotatable bonds is 4. The highest BCUT2D eigenvalue weighted by atomic mass is 19.4. The number of fused-ring (bicyclic) bond motifs is 1. The van der Waals surface area contributed by atoms with Gasteiger partial charge in [-0.25, -0.2) is 0 Å². The van der Waals surface area contributed by atoms with Crippen LogP contribution in [0.15, 0.2) is 24.3 Å². The molecule has 0 aliphatic carbocycles. The maximum atomic E-state index is 12.1. The van der Waals surface area contributed by atoms with Gasteiger partial charge >= 0.3 is 6.18 Å². The second kappa shape index (κ2) is 5.92. The van der Waals surface area contributed by atoms with Crippen LogP contribution in [0.5, 0.6) is 0 Å². The van der Waals surface area contributed by atoms with Crippen molar-refractivity contribution < 1.29 is 17.9 Å². The van der Waals surface area contributed by atoms with Gasteiger partial charge in [0.2, 0.25) is 0 Å². The zero-order valence-corrected chi connectivity index (χ0v) is 10.6. The first-order chi connectivity index (χ1) is 8.96. The van der Waals surface area contributed by atoms with Gasteiger partial charge in [0, 0.05) is 12.5 Å². The average Bonchev–Trinajstić information content (AvgIpc) is 2.36. The summed E-state index contributed by atoms with van der Waals surface area (Å²) in [6.45, 7) is 0.605. The Bertz CT molecular complexity index is 419. The summed E-state index contributed by atoms with van der Waals surface area (Å²) in [6, 6.07) is 7.40. The van der Waals surface area contributed by atoms with Gasteiger partial charge in [0.25, 0.3) is 0 Å². The summed E-state index contributed by atoms with van der Waals surface area (Å²) in [4.78, 5) is 0. The topological polar surface area (TPSA) is 35.2 Å². The van der Waals surface area contributed by atoms with Crippen molar-refractivity contribution in [3.05, 3.63) is 35.4 Å². The minimum Gasteiger partial charge on any atom is -0.373 e. The molecule has 106 valence electrons. The van der Waals surface area contributed by atoms with Crippen LogP contribution >= 0.6 is 0 Å². The maximum Gasteiger partial charge on any atom is 0.389 e. The number of hydrogen-bond acceptors (Lipinski definition) is 2. The van der Waals surface area contributed by atoms with E-state index in [1.807, 2.05) is 24.3 Å². The lowest BCUT2D eigenvalue weighted by Gasteiger charge is -2.28. The molecule has 0 bridgehead atoms. The van der Waals surface area contributed by atoms with E-state index in [9.17, 15) is 13.2 Å². The summed E-state index contributed by atoms with van der Waals surface area (Å²) in [5.74, 6) is 0. The maximum absolute atomic E-state index is 12.1. The van der Waals surface area contributed by atoms with Crippen LogP contribution in [0.1, 0.15) is 36.5 Å². The molecular formula is C14H18F3NO. The van der Waals surface area contributed by atoms with E-state index >= 15 is 0 Å². The van der Waals surface area contributed by atoms with E-state index < -0.39 is 18.6 Å². The van der Waals surface area contributed by atoms with Gasteiger partial charge in [-0.15, -0.1) is 0 Å². The van der Waals surface area contributed by atoms with E-state index in [2.05, 4.69) is 0 Å². The standard InChI is InChI=1S/C14H18F3NO/c15-14(16,17)7-5-11(18)9-13-12-4-2-1-3-10(12)6-8-19-13/h1-4,11,13H,5-9,18H2. The van der Waals surface area contributed by atoms with Gasteiger partial charge in [0.15, 0.2) is 0 Å². The Morgan fingerprint density at radius 2 is 2.05 bits per heavy atom. The third-order valence-corrected chi connectivity index (χ3v) is 3.41. The van der Waals surface area contributed by atoms with E-state index in [1.54, 1.807) is 0 Å². The van der Waals surface area contributed by atoms with E-state index in [0.717, 1.165) is 12.0 Å². The molecule has 1 aromatic carbocycles. The quantitative estimate of drug-likeness (QED) is 0.913. The average molecular weight is 273 g/mol. The largest absolute Gasteiger partial charge is 0.389 e. The first kappa shape index (κ1) is 14.3. The van der Waals surface area contributed by atoms with E-state index in [-0.39, 0.29) is 12.5 Å². The zero-order chi connectivity index (χ0) is 13.9. The van der Waals surface area contributed by atoms with Crippen LogP contribution in [0.2, 0.25) is 0 Å². The van der Waals surface area contributed by atoms with Gasteiger partial charge in [-0.2, -0.15) is 13.2 Å². The molecule has 2 nitrogen and oxygen atoms in total. The molecule has 0 radical (unpaired) electrons. The van der Waals surface area contributed by atoms with Gasteiger partial charge in [0.1, 0.15) is 0 Å². The van der Waals surface area contributed by atoms with Crippen molar-refractivity contribution in [1.82, 2.24) is 0 Å². The number of benzene rings is 1. The molecule has 1 aromatic rings. The summed E-state index contributed by atoms with van der Waals surface area (Å²) >= 11 is 0. The highest BCUT2D eigenvalue weighted by Gasteiger charge is 2.29. The van der Waals surface area contributed by atoms with Crippen molar-refractivity contribution in [1.29, 1.82) is 0 Å². The zero-order valence-electron chi connectivity index (χ0n) is 10.6. The molecule has 2 rings (SSSR count). The van der Waals surface area contributed by atoms with Crippen molar-refractivity contribution in [3.8, 4) is 0 Å². The first-order valence-electron chi connectivity index (χ1n) is 6.47. The van der Waals surface area contributed by atoms with E-state index in [0.29, 0.717) is 13.0 Å². The summed E-state index contributed by atoms with van der Waals surface area (Å²) < 4.78 is 42.1. The van der Waals surface area contributed by atoms with Crippen molar-refractivity contribution in [3.63, 3.8) is 0 Å².